The van der Waals surface area contributed by atoms with Gasteiger partial charge in [-0.25, -0.2) is 0 Å². The highest BCUT2D eigenvalue weighted by Crippen LogP contribution is 2.24. The van der Waals surface area contributed by atoms with Crippen LogP contribution in [0, 0.1) is 0 Å². The van der Waals surface area contributed by atoms with Crippen molar-refractivity contribution in [2.45, 2.75) is 25.8 Å². The van der Waals surface area contributed by atoms with E-state index in [1.807, 2.05) is 0 Å². The molecule has 1 atom stereocenters. The molecule has 0 bridgehead atoms. The second-order valence-electron chi connectivity index (χ2n) is 4.63. The molecule has 1 aromatic carbocycles. The third kappa shape index (κ3) is 2.63. The number of benzene rings is 1. The fourth-order valence-corrected chi connectivity index (χ4v) is 2.39. The summed E-state index contributed by atoms with van der Waals surface area (Å²) < 4.78 is 0. The first kappa shape index (κ1) is 11.6. The molecule has 88 valence electrons. The number of likely N-dealkylation sites (N-methyl/N-ethyl adjacent to an activating group) is 1. The molecule has 1 aromatic rings. The van der Waals surface area contributed by atoms with Crippen molar-refractivity contribution >= 4 is 0 Å². The van der Waals surface area contributed by atoms with Crippen LogP contribution in [0.15, 0.2) is 24.3 Å². The Hall–Kier alpha value is -0.860. The summed E-state index contributed by atoms with van der Waals surface area (Å²) in [6.45, 7) is 5.58. The van der Waals surface area contributed by atoms with Gasteiger partial charge in [-0.3, -0.25) is 4.90 Å². The van der Waals surface area contributed by atoms with Gasteiger partial charge in [0.05, 0.1) is 0 Å². The Balaban J connectivity index is 2.14. The summed E-state index contributed by atoms with van der Waals surface area (Å²) in [6.07, 6.45) is 2.34. The van der Waals surface area contributed by atoms with Gasteiger partial charge in [-0.05, 0) is 37.6 Å². The fraction of sp³-hybridized carbons (Fsp3) is 0.571. The first-order valence-electron chi connectivity index (χ1n) is 6.31. The Morgan fingerprint density at radius 1 is 1.25 bits per heavy atom. The fourth-order valence-electron chi connectivity index (χ4n) is 2.39. The van der Waals surface area contributed by atoms with Crippen LogP contribution in [0.2, 0.25) is 0 Å². The average Bonchev–Trinajstić information content (AvgIpc) is 2.54. The van der Waals surface area contributed by atoms with Crippen molar-refractivity contribution in [3.05, 3.63) is 35.4 Å². The summed E-state index contributed by atoms with van der Waals surface area (Å²) in [4.78, 5) is 2.46. The van der Waals surface area contributed by atoms with Crippen LogP contribution in [0.25, 0.3) is 0 Å². The standard InChI is InChI=1S/C14H22N2/c1-3-12-4-6-13(7-5-12)14-8-9-15-10-11-16(14)2/h4-7,14-15H,3,8-11H2,1-2H3. The zero-order valence-corrected chi connectivity index (χ0v) is 10.4. The van der Waals surface area contributed by atoms with Gasteiger partial charge in [0, 0.05) is 19.1 Å². The summed E-state index contributed by atoms with van der Waals surface area (Å²) in [5, 5.41) is 3.46. The molecule has 1 aliphatic rings. The minimum atomic E-state index is 0.584. The van der Waals surface area contributed by atoms with Gasteiger partial charge in [-0.15, -0.1) is 0 Å². The molecule has 0 spiro atoms. The molecular formula is C14H22N2. The number of hydrogen-bond acceptors (Lipinski definition) is 2. The Morgan fingerprint density at radius 3 is 2.69 bits per heavy atom. The van der Waals surface area contributed by atoms with Crippen molar-refractivity contribution in [3.63, 3.8) is 0 Å². The average molecular weight is 218 g/mol. The quantitative estimate of drug-likeness (QED) is 0.819. The highest BCUT2D eigenvalue weighted by molar-refractivity contribution is 5.25. The molecule has 1 unspecified atom stereocenters. The van der Waals surface area contributed by atoms with Crippen LogP contribution in [0.3, 0.4) is 0 Å². The summed E-state index contributed by atoms with van der Waals surface area (Å²) in [7, 11) is 2.23. The third-order valence-corrected chi connectivity index (χ3v) is 3.54. The molecule has 1 N–H and O–H groups in total. The molecule has 0 aliphatic carbocycles. The topological polar surface area (TPSA) is 15.3 Å². The maximum Gasteiger partial charge on any atom is 0.0357 e. The van der Waals surface area contributed by atoms with Crippen LogP contribution in [-0.4, -0.2) is 31.6 Å². The largest absolute Gasteiger partial charge is 0.315 e. The van der Waals surface area contributed by atoms with Crippen LogP contribution in [0.4, 0.5) is 0 Å². The lowest BCUT2D eigenvalue weighted by molar-refractivity contribution is 0.258. The minimum absolute atomic E-state index is 0.584. The molecule has 2 rings (SSSR count). The summed E-state index contributed by atoms with van der Waals surface area (Å²) in [6, 6.07) is 9.71. The number of rotatable bonds is 2. The SMILES string of the molecule is CCc1ccc(C2CCNCCN2C)cc1. The first-order chi connectivity index (χ1) is 7.81. The van der Waals surface area contributed by atoms with Crippen LogP contribution in [0.1, 0.15) is 30.5 Å². The summed E-state index contributed by atoms with van der Waals surface area (Å²) >= 11 is 0. The molecule has 1 saturated heterocycles. The maximum absolute atomic E-state index is 3.46. The molecule has 0 aromatic heterocycles. The lowest BCUT2D eigenvalue weighted by Crippen LogP contribution is -2.26. The summed E-state index contributed by atoms with van der Waals surface area (Å²) in [5.41, 5.74) is 2.89. The first-order valence-corrected chi connectivity index (χ1v) is 6.31. The van der Waals surface area contributed by atoms with Gasteiger partial charge in [0.25, 0.3) is 0 Å². The van der Waals surface area contributed by atoms with Gasteiger partial charge < -0.3 is 5.32 Å². The van der Waals surface area contributed by atoms with Gasteiger partial charge in [0.1, 0.15) is 0 Å². The van der Waals surface area contributed by atoms with Gasteiger partial charge in [0.15, 0.2) is 0 Å². The molecule has 0 radical (unpaired) electrons. The van der Waals surface area contributed by atoms with Gasteiger partial charge in [0.2, 0.25) is 0 Å². The molecule has 1 fully saturated rings. The highest BCUT2D eigenvalue weighted by atomic mass is 15.2. The smallest absolute Gasteiger partial charge is 0.0357 e. The van der Waals surface area contributed by atoms with Crippen LogP contribution < -0.4 is 5.32 Å². The Labute approximate surface area is 98.7 Å². The van der Waals surface area contributed by atoms with E-state index in [0.717, 1.165) is 26.1 Å². The Bertz CT molecular complexity index is 318. The lowest BCUT2D eigenvalue weighted by atomic mass is 10.0. The van der Waals surface area contributed by atoms with E-state index in [9.17, 15) is 0 Å². The highest BCUT2D eigenvalue weighted by Gasteiger charge is 2.18. The molecule has 1 aliphatic heterocycles. The predicted octanol–water partition coefficient (Wildman–Crippen LogP) is 2.22. The van der Waals surface area contributed by atoms with E-state index in [2.05, 4.69) is 48.5 Å². The monoisotopic (exact) mass is 218 g/mol. The zero-order chi connectivity index (χ0) is 11.4. The number of aryl methyl sites for hydroxylation is 1. The second-order valence-corrected chi connectivity index (χ2v) is 4.63. The van der Waals surface area contributed by atoms with Crippen LogP contribution in [0.5, 0.6) is 0 Å². The maximum atomic E-state index is 3.46. The van der Waals surface area contributed by atoms with Crippen LogP contribution in [-0.2, 0) is 6.42 Å². The van der Waals surface area contributed by atoms with Gasteiger partial charge >= 0.3 is 0 Å². The van der Waals surface area contributed by atoms with E-state index >= 15 is 0 Å². The van der Waals surface area contributed by atoms with E-state index in [4.69, 9.17) is 0 Å². The minimum Gasteiger partial charge on any atom is -0.315 e. The normalized spacial score (nSPS) is 23.0. The van der Waals surface area contributed by atoms with Crippen LogP contribution >= 0.6 is 0 Å². The van der Waals surface area contributed by atoms with Crippen molar-refractivity contribution in [2.75, 3.05) is 26.7 Å². The van der Waals surface area contributed by atoms with E-state index in [1.54, 1.807) is 0 Å². The lowest BCUT2D eigenvalue weighted by Gasteiger charge is -2.25. The van der Waals surface area contributed by atoms with Gasteiger partial charge in [-0.1, -0.05) is 31.2 Å². The van der Waals surface area contributed by atoms with E-state index in [0.29, 0.717) is 6.04 Å². The molecule has 16 heavy (non-hydrogen) atoms. The molecule has 2 nitrogen and oxygen atoms in total. The van der Waals surface area contributed by atoms with Crippen molar-refractivity contribution in [2.24, 2.45) is 0 Å². The second kappa shape index (κ2) is 5.46. The van der Waals surface area contributed by atoms with Crippen molar-refractivity contribution in [1.29, 1.82) is 0 Å². The van der Waals surface area contributed by atoms with Crippen molar-refractivity contribution in [1.82, 2.24) is 10.2 Å². The molecule has 0 amide bonds. The molecular weight excluding hydrogens is 196 g/mol. The number of nitrogens with zero attached hydrogens (tertiary/aromatic N) is 1. The number of hydrogen-bond donors (Lipinski definition) is 1. The third-order valence-electron chi connectivity index (χ3n) is 3.54. The molecule has 1 heterocycles. The Kier molecular flexibility index (Phi) is 3.97. The van der Waals surface area contributed by atoms with E-state index in [-0.39, 0.29) is 0 Å². The summed E-state index contributed by atoms with van der Waals surface area (Å²) in [5.74, 6) is 0. The predicted molar refractivity (Wildman–Crippen MR) is 68.7 cm³/mol. The van der Waals surface area contributed by atoms with E-state index in [1.165, 1.54) is 17.5 Å². The van der Waals surface area contributed by atoms with E-state index < -0.39 is 0 Å². The van der Waals surface area contributed by atoms with Gasteiger partial charge in [-0.2, -0.15) is 0 Å². The molecule has 0 saturated carbocycles. The Morgan fingerprint density at radius 2 is 2.00 bits per heavy atom. The number of nitrogens with one attached hydrogen (secondary N) is 1. The van der Waals surface area contributed by atoms with Crippen molar-refractivity contribution in [3.8, 4) is 0 Å². The van der Waals surface area contributed by atoms with Crippen molar-refractivity contribution < 1.29 is 0 Å². The zero-order valence-electron chi connectivity index (χ0n) is 10.4. The molecule has 2 heteroatoms.